The van der Waals surface area contributed by atoms with Crippen LogP contribution in [-0.4, -0.2) is 48.4 Å². The second-order valence-electron chi connectivity index (χ2n) is 5.43. The molecule has 6 nitrogen and oxygen atoms in total. The van der Waals surface area contributed by atoms with Crippen molar-refractivity contribution in [1.29, 1.82) is 0 Å². The maximum Gasteiger partial charge on any atom is 0.470 e. The van der Waals surface area contributed by atoms with Crippen LogP contribution < -0.4 is 9.64 Å². The summed E-state index contributed by atoms with van der Waals surface area (Å²) in [5.74, 6) is -0.518. The fraction of sp³-hybridized carbons (Fsp3) is 0.467. The Morgan fingerprint density at radius 3 is 2.46 bits per heavy atom. The van der Waals surface area contributed by atoms with Crippen LogP contribution in [0.25, 0.3) is 0 Å². The number of hydrogen-bond acceptors (Lipinski definition) is 6. The molecule has 0 aliphatic carbocycles. The van der Waals surface area contributed by atoms with Gasteiger partial charge in [0, 0.05) is 26.2 Å². The van der Waals surface area contributed by atoms with Crippen molar-refractivity contribution < 1.29 is 22.3 Å². The van der Waals surface area contributed by atoms with Crippen molar-refractivity contribution in [2.24, 2.45) is 0 Å². The van der Waals surface area contributed by atoms with E-state index in [1.807, 2.05) is 29.2 Å². The second kappa shape index (κ2) is 6.68. The molecule has 0 saturated carbocycles. The van der Waals surface area contributed by atoms with Gasteiger partial charge in [-0.2, -0.15) is 13.2 Å². The molecule has 0 atom stereocenters. The molecule has 1 aliphatic rings. The topological polar surface area (TPSA) is 54.6 Å². The van der Waals surface area contributed by atoms with E-state index in [0.717, 1.165) is 24.5 Å². The van der Waals surface area contributed by atoms with Crippen LogP contribution in [0.2, 0.25) is 0 Å². The Bertz CT molecular complexity index is 681. The summed E-state index contributed by atoms with van der Waals surface area (Å²) in [6.45, 7) is 3.05. The number of halogens is 3. The predicted molar refractivity (Wildman–Crippen MR) is 79.8 cm³/mol. The van der Waals surface area contributed by atoms with E-state index >= 15 is 0 Å². The Morgan fingerprint density at radius 1 is 1.12 bits per heavy atom. The summed E-state index contributed by atoms with van der Waals surface area (Å²) >= 11 is 0. The lowest BCUT2D eigenvalue weighted by Crippen LogP contribution is -2.46. The Hall–Kier alpha value is -2.29. The average molecular weight is 342 g/mol. The van der Waals surface area contributed by atoms with Gasteiger partial charge in [-0.1, -0.05) is 12.1 Å². The zero-order chi connectivity index (χ0) is 17.2. The molecule has 0 bridgehead atoms. The third-order valence-corrected chi connectivity index (χ3v) is 3.87. The number of nitrogens with zero attached hydrogens (tertiary/aromatic N) is 4. The van der Waals surface area contributed by atoms with E-state index in [1.54, 1.807) is 7.11 Å². The quantitative estimate of drug-likeness (QED) is 0.851. The number of anilines is 1. The number of ether oxygens (including phenoxy) is 1. The van der Waals surface area contributed by atoms with Crippen molar-refractivity contribution in [2.45, 2.75) is 12.7 Å². The second-order valence-corrected chi connectivity index (χ2v) is 5.43. The SMILES string of the molecule is COc1ccccc1N1CCN(Cc2nnc(C(F)(F)F)o2)CC1. The van der Waals surface area contributed by atoms with Gasteiger partial charge in [-0.3, -0.25) is 4.90 Å². The number of para-hydroxylation sites is 2. The maximum atomic E-state index is 12.5. The van der Waals surface area contributed by atoms with Crippen LogP contribution in [0.3, 0.4) is 0 Å². The van der Waals surface area contributed by atoms with E-state index in [2.05, 4.69) is 19.5 Å². The highest BCUT2D eigenvalue weighted by Crippen LogP contribution is 2.29. The third-order valence-electron chi connectivity index (χ3n) is 3.87. The zero-order valence-electron chi connectivity index (χ0n) is 13.1. The van der Waals surface area contributed by atoms with Crippen molar-refractivity contribution in [2.75, 3.05) is 38.2 Å². The van der Waals surface area contributed by atoms with Gasteiger partial charge in [0.1, 0.15) is 5.75 Å². The number of hydrogen-bond donors (Lipinski definition) is 0. The number of methoxy groups -OCH3 is 1. The van der Waals surface area contributed by atoms with Crippen molar-refractivity contribution >= 4 is 5.69 Å². The van der Waals surface area contributed by atoms with Crippen LogP contribution in [0.5, 0.6) is 5.75 Å². The summed E-state index contributed by atoms with van der Waals surface area (Å²) in [6, 6.07) is 7.74. The van der Waals surface area contributed by atoms with E-state index in [9.17, 15) is 13.2 Å². The number of benzene rings is 1. The van der Waals surface area contributed by atoms with Crippen molar-refractivity contribution in [3.63, 3.8) is 0 Å². The smallest absolute Gasteiger partial charge is 0.470 e. The molecule has 0 unspecified atom stereocenters. The van der Waals surface area contributed by atoms with Gasteiger partial charge < -0.3 is 14.1 Å². The van der Waals surface area contributed by atoms with Gasteiger partial charge in [0.05, 0.1) is 19.3 Å². The van der Waals surface area contributed by atoms with Crippen LogP contribution >= 0.6 is 0 Å². The molecule has 1 aromatic heterocycles. The van der Waals surface area contributed by atoms with Gasteiger partial charge in [-0.25, -0.2) is 0 Å². The lowest BCUT2D eigenvalue weighted by Gasteiger charge is -2.35. The summed E-state index contributed by atoms with van der Waals surface area (Å²) in [5, 5.41) is 6.51. The molecule has 3 rings (SSSR count). The number of piperazine rings is 1. The van der Waals surface area contributed by atoms with E-state index < -0.39 is 12.1 Å². The molecule has 2 heterocycles. The first-order valence-electron chi connectivity index (χ1n) is 7.47. The molecule has 0 spiro atoms. The molecule has 130 valence electrons. The molecule has 0 amide bonds. The lowest BCUT2D eigenvalue weighted by atomic mass is 10.2. The van der Waals surface area contributed by atoms with Crippen LogP contribution in [0.1, 0.15) is 11.8 Å². The minimum Gasteiger partial charge on any atom is -0.495 e. The van der Waals surface area contributed by atoms with Gasteiger partial charge in [0.15, 0.2) is 0 Å². The van der Waals surface area contributed by atoms with Crippen LogP contribution in [0.15, 0.2) is 28.7 Å². The van der Waals surface area contributed by atoms with Gasteiger partial charge in [-0.05, 0) is 12.1 Å². The summed E-state index contributed by atoms with van der Waals surface area (Å²) < 4.78 is 47.4. The standard InChI is InChI=1S/C15H17F3N4O2/c1-23-12-5-3-2-4-11(12)22-8-6-21(7-9-22)10-13-19-20-14(24-13)15(16,17)18/h2-5H,6-10H2,1H3. The Labute approximate surface area is 136 Å². The Balaban J connectivity index is 1.58. The molecular formula is C15H17F3N4O2. The van der Waals surface area contributed by atoms with Crippen LogP contribution in [0.4, 0.5) is 18.9 Å². The van der Waals surface area contributed by atoms with Crippen LogP contribution in [-0.2, 0) is 12.7 Å². The summed E-state index contributed by atoms with van der Waals surface area (Å²) in [5.41, 5.74) is 1.01. The van der Waals surface area contributed by atoms with E-state index in [4.69, 9.17) is 4.74 Å². The molecular weight excluding hydrogens is 325 g/mol. The minimum absolute atomic E-state index is 0.0203. The number of rotatable bonds is 4. The molecule has 1 aliphatic heterocycles. The normalized spacial score (nSPS) is 16.4. The first-order chi connectivity index (χ1) is 11.5. The van der Waals surface area contributed by atoms with Gasteiger partial charge in [0.2, 0.25) is 5.89 Å². The molecule has 1 saturated heterocycles. The monoisotopic (exact) mass is 342 g/mol. The molecule has 0 N–H and O–H groups in total. The summed E-state index contributed by atoms with van der Waals surface area (Å²) in [6.07, 6.45) is -4.60. The fourth-order valence-corrected chi connectivity index (χ4v) is 2.66. The minimum atomic E-state index is -4.60. The molecule has 0 radical (unpaired) electrons. The van der Waals surface area contributed by atoms with E-state index in [0.29, 0.717) is 13.1 Å². The predicted octanol–water partition coefficient (Wildman–Crippen LogP) is 2.42. The van der Waals surface area contributed by atoms with E-state index in [1.165, 1.54) is 0 Å². The van der Waals surface area contributed by atoms with Crippen molar-refractivity contribution in [3.05, 3.63) is 36.0 Å². The molecule has 24 heavy (non-hydrogen) atoms. The number of aromatic nitrogens is 2. The zero-order valence-corrected chi connectivity index (χ0v) is 13.1. The number of alkyl halides is 3. The Kier molecular flexibility index (Phi) is 4.61. The van der Waals surface area contributed by atoms with Crippen LogP contribution in [0, 0.1) is 0 Å². The highest BCUT2D eigenvalue weighted by molar-refractivity contribution is 5.58. The average Bonchev–Trinajstić information content (AvgIpc) is 3.04. The Morgan fingerprint density at radius 2 is 1.83 bits per heavy atom. The molecule has 1 fully saturated rings. The first kappa shape index (κ1) is 16.6. The van der Waals surface area contributed by atoms with Crippen molar-refractivity contribution in [1.82, 2.24) is 15.1 Å². The summed E-state index contributed by atoms with van der Waals surface area (Å²) in [7, 11) is 1.63. The highest BCUT2D eigenvalue weighted by atomic mass is 19.4. The first-order valence-corrected chi connectivity index (χ1v) is 7.47. The van der Waals surface area contributed by atoms with Crippen molar-refractivity contribution in [3.8, 4) is 5.75 Å². The van der Waals surface area contributed by atoms with Gasteiger partial charge in [-0.15, -0.1) is 10.2 Å². The fourth-order valence-electron chi connectivity index (χ4n) is 2.66. The summed E-state index contributed by atoms with van der Waals surface area (Å²) in [4.78, 5) is 4.17. The maximum absolute atomic E-state index is 12.5. The highest BCUT2D eigenvalue weighted by Gasteiger charge is 2.38. The van der Waals surface area contributed by atoms with Gasteiger partial charge >= 0.3 is 12.1 Å². The lowest BCUT2D eigenvalue weighted by molar-refractivity contribution is -0.157. The molecule has 1 aromatic carbocycles. The molecule has 9 heteroatoms. The van der Waals surface area contributed by atoms with Gasteiger partial charge in [0.25, 0.3) is 0 Å². The third kappa shape index (κ3) is 3.61. The largest absolute Gasteiger partial charge is 0.495 e. The molecule has 2 aromatic rings. The van der Waals surface area contributed by atoms with E-state index in [-0.39, 0.29) is 12.4 Å².